The zero-order chi connectivity index (χ0) is 15.4. The molecule has 1 N–H and O–H groups in total. The first-order chi connectivity index (χ1) is 9.99. The molecule has 6 heteroatoms. The lowest BCUT2D eigenvalue weighted by molar-refractivity contribution is -0.136. The molecule has 1 aromatic heterocycles. The SMILES string of the molecule is COc1nc(C)cc(=O)n1Cc1ccc(CC(=O)O)cc1. The fraction of sp³-hybridized carbons (Fsp3) is 0.267. The first kappa shape index (κ1) is 14.8. The van der Waals surface area contributed by atoms with Gasteiger partial charge in [0, 0.05) is 11.8 Å². The third-order valence-electron chi connectivity index (χ3n) is 3.00. The van der Waals surface area contributed by atoms with E-state index < -0.39 is 5.97 Å². The summed E-state index contributed by atoms with van der Waals surface area (Å²) in [7, 11) is 1.47. The largest absolute Gasteiger partial charge is 0.481 e. The van der Waals surface area contributed by atoms with Gasteiger partial charge in [0.2, 0.25) is 0 Å². The number of carboxylic acid groups (broad SMARTS) is 1. The summed E-state index contributed by atoms with van der Waals surface area (Å²) < 4.78 is 6.56. The predicted octanol–water partition coefficient (Wildman–Crippen LogP) is 1.24. The highest BCUT2D eigenvalue weighted by atomic mass is 16.5. The number of aromatic nitrogens is 2. The zero-order valence-corrected chi connectivity index (χ0v) is 11.9. The van der Waals surface area contributed by atoms with Gasteiger partial charge < -0.3 is 9.84 Å². The zero-order valence-electron chi connectivity index (χ0n) is 11.9. The Labute approximate surface area is 121 Å². The van der Waals surface area contributed by atoms with E-state index in [1.54, 1.807) is 31.2 Å². The van der Waals surface area contributed by atoms with E-state index in [1.165, 1.54) is 17.7 Å². The fourth-order valence-electron chi connectivity index (χ4n) is 2.02. The van der Waals surface area contributed by atoms with Crippen LogP contribution < -0.4 is 10.3 Å². The first-order valence-electron chi connectivity index (χ1n) is 6.41. The molecule has 110 valence electrons. The molecule has 0 unspecified atom stereocenters. The number of hydrogen-bond donors (Lipinski definition) is 1. The Morgan fingerprint density at radius 1 is 1.29 bits per heavy atom. The van der Waals surface area contributed by atoms with Crippen LogP contribution in [0.4, 0.5) is 0 Å². The van der Waals surface area contributed by atoms with E-state index in [0.717, 1.165) is 5.56 Å². The number of rotatable bonds is 5. The van der Waals surface area contributed by atoms with Crippen LogP contribution in [0.25, 0.3) is 0 Å². The molecule has 2 rings (SSSR count). The molecular formula is C15H16N2O4. The van der Waals surface area contributed by atoms with Crippen LogP contribution in [0.3, 0.4) is 0 Å². The minimum absolute atomic E-state index is 0.0182. The van der Waals surface area contributed by atoms with Crippen molar-refractivity contribution in [2.45, 2.75) is 19.9 Å². The number of carbonyl (C=O) groups is 1. The summed E-state index contributed by atoms with van der Waals surface area (Å²) in [5.41, 5.74) is 2.00. The third kappa shape index (κ3) is 3.68. The minimum atomic E-state index is -0.872. The van der Waals surface area contributed by atoms with Gasteiger partial charge in [-0.1, -0.05) is 24.3 Å². The maximum Gasteiger partial charge on any atom is 0.307 e. The summed E-state index contributed by atoms with van der Waals surface area (Å²) in [6.45, 7) is 2.05. The molecule has 2 aromatic rings. The normalized spacial score (nSPS) is 10.4. The Morgan fingerprint density at radius 2 is 1.90 bits per heavy atom. The maximum absolute atomic E-state index is 12.0. The van der Waals surface area contributed by atoms with Gasteiger partial charge in [-0.05, 0) is 18.1 Å². The summed E-state index contributed by atoms with van der Waals surface area (Å²) in [4.78, 5) is 26.8. The van der Waals surface area contributed by atoms with Crippen LogP contribution in [0.2, 0.25) is 0 Å². The Bertz CT molecular complexity index is 705. The van der Waals surface area contributed by atoms with Gasteiger partial charge in [-0.25, -0.2) is 4.98 Å². The number of benzene rings is 1. The second kappa shape index (κ2) is 6.21. The van der Waals surface area contributed by atoms with E-state index in [4.69, 9.17) is 9.84 Å². The summed E-state index contributed by atoms with van der Waals surface area (Å²) in [5, 5.41) is 8.73. The summed E-state index contributed by atoms with van der Waals surface area (Å²) in [6, 6.07) is 8.77. The van der Waals surface area contributed by atoms with Gasteiger partial charge in [-0.2, -0.15) is 0 Å². The number of nitrogens with zero attached hydrogens (tertiary/aromatic N) is 2. The van der Waals surface area contributed by atoms with E-state index in [9.17, 15) is 9.59 Å². The molecule has 0 atom stereocenters. The highest BCUT2D eigenvalue weighted by Gasteiger charge is 2.08. The molecule has 21 heavy (non-hydrogen) atoms. The first-order valence-corrected chi connectivity index (χ1v) is 6.41. The van der Waals surface area contributed by atoms with Crippen LogP contribution in [0, 0.1) is 6.92 Å². The smallest absolute Gasteiger partial charge is 0.307 e. The van der Waals surface area contributed by atoms with Crippen LogP contribution in [-0.4, -0.2) is 27.7 Å². The molecule has 0 fully saturated rings. The van der Waals surface area contributed by atoms with Crippen LogP contribution >= 0.6 is 0 Å². The summed E-state index contributed by atoms with van der Waals surface area (Å²) >= 11 is 0. The van der Waals surface area contributed by atoms with Crippen molar-refractivity contribution in [1.29, 1.82) is 0 Å². The second-order valence-corrected chi connectivity index (χ2v) is 4.70. The molecular weight excluding hydrogens is 272 g/mol. The molecule has 0 aliphatic heterocycles. The van der Waals surface area contributed by atoms with E-state index >= 15 is 0 Å². The second-order valence-electron chi connectivity index (χ2n) is 4.70. The third-order valence-corrected chi connectivity index (χ3v) is 3.00. The van der Waals surface area contributed by atoms with Crippen molar-refractivity contribution in [1.82, 2.24) is 9.55 Å². The predicted molar refractivity (Wildman–Crippen MR) is 76.7 cm³/mol. The lowest BCUT2D eigenvalue weighted by Crippen LogP contribution is -2.23. The van der Waals surface area contributed by atoms with Crippen molar-refractivity contribution < 1.29 is 14.6 Å². The number of carboxylic acids is 1. The molecule has 0 aliphatic rings. The highest BCUT2D eigenvalue weighted by molar-refractivity contribution is 5.70. The van der Waals surface area contributed by atoms with Gasteiger partial charge in [0.1, 0.15) is 0 Å². The van der Waals surface area contributed by atoms with Crippen molar-refractivity contribution in [3.8, 4) is 6.01 Å². The lowest BCUT2D eigenvalue weighted by Gasteiger charge is -2.11. The van der Waals surface area contributed by atoms with E-state index in [2.05, 4.69) is 4.98 Å². The quantitative estimate of drug-likeness (QED) is 0.895. The lowest BCUT2D eigenvalue weighted by atomic mass is 10.1. The fourth-order valence-corrected chi connectivity index (χ4v) is 2.02. The Balaban J connectivity index is 2.26. The number of aryl methyl sites for hydroxylation is 1. The topological polar surface area (TPSA) is 81.4 Å². The van der Waals surface area contributed by atoms with Gasteiger partial charge in [0.05, 0.1) is 20.1 Å². The molecule has 0 radical (unpaired) electrons. The number of methoxy groups -OCH3 is 1. The number of aliphatic carboxylic acids is 1. The maximum atomic E-state index is 12.0. The monoisotopic (exact) mass is 288 g/mol. The van der Waals surface area contributed by atoms with E-state index in [1.807, 2.05) is 0 Å². The van der Waals surface area contributed by atoms with Gasteiger partial charge in [0.15, 0.2) is 0 Å². The van der Waals surface area contributed by atoms with E-state index in [0.29, 0.717) is 17.8 Å². The average molecular weight is 288 g/mol. The molecule has 0 saturated heterocycles. The van der Waals surface area contributed by atoms with Crippen LogP contribution in [0.15, 0.2) is 35.1 Å². The van der Waals surface area contributed by atoms with Crippen molar-refractivity contribution in [2.75, 3.05) is 7.11 Å². The molecule has 1 heterocycles. The van der Waals surface area contributed by atoms with Crippen molar-refractivity contribution in [3.05, 3.63) is 57.5 Å². The van der Waals surface area contributed by atoms with Gasteiger partial charge >= 0.3 is 5.97 Å². The molecule has 0 amide bonds. The van der Waals surface area contributed by atoms with Crippen molar-refractivity contribution in [3.63, 3.8) is 0 Å². The molecule has 0 spiro atoms. The molecule has 0 aliphatic carbocycles. The standard InChI is InChI=1S/C15H16N2O4/c1-10-7-13(18)17(15(16-10)21-2)9-12-5-3-11(4-6-12)8-14(19)20/h3-7H,8-9H2,1-2H3,(H,19,20). The molecule has 0 bridgehead atoms. The number of ether oxygens (including phenoxy) is 1. The van der Waals surface area contributed by atoms with Crippen LogP contribution in [0.5, 0.6) is 6.01 Å². The van der Waals surface area contributed by atoms with Crippen molar-refractivity contribution in [2.24, 2.45) is 0 Å². The summed E-state index contributed by atoms with van der Waals surface area (Å²) in [5.74, 6) is -0.872. The Morgan fingerprint density at radius 3 is 2.48 bits per heavy atom. The minimum Gasteiger partial charge on any atom is -0.481 e. The van der Waals surface area contributed by atoms with Gasteiger partial charge in [-0.15, -0.1) is 0 Å². The van der Waals surface area contributed by atoms with E-state index in [-0.39, 0.29) is 18.0 Å². The Hall–Kier alpha value is -2.63. The number of hydrogen-bond acceptors (Lipinski definition) is 4. The van der Waals surface area contributed by atoms with Gasteiger partial charge in [-0.3, -0.25) is 14.2 Å². The van der Waals surface area contributed by atoms with Crippen molar-refractivity contribution >= 4 is 5.97 Å². The molecule has 1 aromatic carbocycles. The molecule has 6 nitrogen and oxygen atoms in total. The summed E-state index contributed by atoms with van der Waals surface area (Å²) in [6.07, 6.45) is -0.0182. The van der Waals surface area contributed by atoms with Gasteiger partial charge in [0.25, 0.3) is 11.6 Å². The average Bonchev–Trinajstić information content (AvgIpc) is 2.42. The van der Waals surface area contributed by atoms with Crippen LogP contribution in [-0.2, 0) is 17.8 Å². The highest BCUT2D eigenvalue weighted by Crippen LogP contribution is 2.10. The molecule has 0 saturated carbocycles. The van der Waals surface area contributed by atoms with Crippen LogP contribution in [0.1, 0.15) is 16.8 Å². The Kier molecular flexibility index (Phi) is 4.37.